The fraction of sp³-hybridized carbons (Fsp3) is 0. The van der Waals surface area contributed by atoms with Gasteiger partial charge in [0.2, 0.25) is 0 Å². The molecule has 0 saturated carbocycles. The summed E-state index contributed by atoms with van der Waals surface area (Å²) in [5.41, 5.74) is 7.22. The van der Waals surface area contributed by atoms with Crippen molar-refractivity contribution in [1.82, 2.24) is 0 Å². The Morgan fingerprint density at radius 2 is 1.71 bits per heavy atom. The van der Waals surface area contributed by atoms with E-state index in [0.717, 1.165) is 0 Å². The van der Waals surface area contributed by atoms with Gasteiger partial charge in [-0.15, -0.1) is 0 Å². The molecule has 0 radical (unpaired) electrons. The Labute approximate surface area is 103 Å². The molecule has 0 aliphatic heterocycles. The van der Waals surface area contributed by atoms with Crippen LogP contribution in [0.4, 0.5) is 11.4 Å². The summed E-state index contributed by atoms with van der Waals surface area (Å²) < 4.78 is 0. The zero-order chi connectivity index (χ0) is 12.4. The molecule has 0 aliphatic rings. The lowest BCUT2D eigenvalue weighted by atomic mass is 10.0. The van der Waals surface area contributed by atoms with E-state index in [-0.39, 0.29) is 10.7 Å². The van der Waals surface area contributed by atoms with E-state index in [1.807, 2.05) is 0 Å². The number of anilines is 1. The number of nitrogen functional groups attached to an aromatic ring is 1. The second-order valence-electron chi connectivity index (χ2n) is 3.48. The van der Waals surface area contributed by atoms with Gasteiger partial charge in [-0.25, -0.2) is 0 Å². The summed E-state index contributed by atoms with van der Waals surface area (Å²) in [6.45, 7) is 0. The summed E-state index contributed by atoms with van der Waals surface area (Å²) in [4.78, 5) is 10.5. The number of hydrogen-bond acceptors (Lipinski definition) is 3. The molecule has 2 aromatic rings. The molecular formula is C12H9ClN2O2. The van der Waals surface area contributed by atoms with Crippen LogP contribution in [0.2, 0.25) is 5.02 Å². The molecule has 2 aromatic carbocycles. The van der Waals surface area contributed by atoms with Crippen molar-refractivity contribution in [2.45, 2.75) is 0 Å². The Hall–Kier alpha value is -2.07. The first-order chi connectivity index (χ1) is 8.11. The molecule has 0 spiro atoms. The van der Waals surface area contributed by atoms with Crippen molar-refractivity contribution in [3.63, 3.8) is 0 Å². The van der Waals surface area contributed by atoms with Crippen LogP contribution in [0.15, 0.2) is 42.5 Å². The second kappa shape index (κ2) is 4.43. The van der Waals surface area contributed by atoms with Gasteiger partial charge in [0.1, 0.15) is 5.02 Å². The van der Waals surface area contributed by atoms with Crippen molar-refractivity contribution in [2.24, 2.45) is 0 Å². The minimum Gasteiger partial charge on any atom is -0.398 e. The highest BCUT2D eigenvalue weighted by atomic mass is 35.5. The molecule has 0 amide bonds. The first kappa shape index (κ1) is 11.4. The number of benzene rings is 2. The smallest absolute Gasteiger partial charge is 0.295 e. The lowest BCUT2D eigenvalue weighted by Gasteiger charge is -2.07. The molecule has 2 rings (SSSR count). The van der Waals surface area contributed by atoms with E-state index in [9.17, 15) is 10.1 Å². The zero-order valence-corrected chi connectivity index (χ0v) is 9.52. The molecule has 0 saturated heterocycles. The third kappa shape index (κ3) is 2.07. The maximum Gasteiger partial charge on any atom is 0.295 e. The highest BCUT2D eigenvalue weighted by molar-refractivity contribution is 6.33. The average Bonchev–Trinajstić information content (AvgIpc) is 2.28. The van der Waals surface area contributed by atoms with Crippen LogP contribution in [-0.2, 0) is 0 Å². The molecule has 2 N–H and O–H groups in total. The van der Waals surface area contributed by atoms with Gasteiger partial charge in [0.25, 0.3) is 5.69 Å². The summed E-state index contributed by atoms with van der Waals surface area (Å²) in [5, 5.41) is 11.1. The third-order valence-electron chi connectivity index (χ3n) is 2.42. The lowest BCUT2D eigenvalue weighted by Crippen LogP contribution is -1.95. The Bertz CT molecular complexity index is 584. The van der Waals surface area contributed by atoms with Gasteiger partial charge in [0, 0.05) is 11.3 Å². The number of nitro benzene ring substituents is 1. The number of nitrogens with zero attached hydrogens (tertiary/aromatic N) is 1. The summed E-state index contributed by atoms with van der Waals surface area (Å²) in [7, 11) is 0. The number of halogens is 1. The summed E-state index contributed by atoms with van der Waals surface area (Å²) in [5.74, 6) is 0. The molecule has 0 heterocycles. The highest BCUT2D eigenvalue weighted by Gasteiger charge is 2.20. The molecule has 0 unspecified atom stereocenters. The molecule has 5 heteroatoms. The first-order valence-electron chi connectivity index (χ1n) is 4.89. The molecule has 0 aliphatic carbocycles. The van der Waals surface area contributed by atoms with Crippen molar-refractivity contribution in [3.8, 4) is 11.1 Å². The Kier molecular flexibility index (Phi) is 2.97. The normalized spacial score (nSPS) is 10.2. The number of para-hydroxylation sites is 2. The molecule has 0 atom stereocenters. The van der Waals surface area contributed by atoms with Crippen molar-refractivity contribution < 1.29 is 4.92 Å². The second-order valence-corrected chi connectivity index (χ2v) is 3.89. The van der Waals surface area contributed by atoms with Gasteiger partial charge in [-0.2, -0.15) is 0 Å². The van der Waals surface area contributed by atoms with Crippen molar-refractivity contribution in [1.29, 1.82) is 0 Å². The van der Waals surface area contributed by atoms with Gasteiger partial charge in [0.05, 0.1) is 10.5 Å². The Balaban J connectivity index is 2.72. The quantitative estimate of drug-likeness (QED) is 0.502. The summed E-state index contributed by atoms with van der Waals surface area (Å²) >= 11 is 5.84. The first-order valence-corrected chi connectivity index (χ1v) is 5.27. The lowest BCUT2D eigenvalue weighted by molar-refractivity contribution is -0.384. The van der Waals surface area contributed by atoms with Gasteiger partial charge >= 0.3 is 0 Å². The highest BCUT2D eigenvalue weighted by Crippen LogP contribution is 2.37. The molecule has 4 nitrogen and oxygen atoms in total. The topological polar surface area (TPSA) is 69.2 Å². The molecule has 17 heavy (non-hydrogen) atoms. The van der Waals surface area contributed by atoms with E-state index < -0.39 is 4.92 Å². The van der Waals surface area contributed by atoms with Gasteiger partial charge in [-0.1, -0.05) is 35.9 Å². The van der Waals surface area contributed by atoms with Crippen LogP contribution < -0.4 is 5.73 Å². The fourth-order valence-electron chi connectivity index (χ4n) is 1.66. The molecule has 86 valence electrons. The monoisotopic (exact) mass is 248 g/mol. The predicted molar refractivity (Wildman–Crippen MR) is 68.0 cm³/mol. The van der Waals surface area contributed by atoms with Crippen LogP contribution in [0.1, 0.15) is 0 Å². The van der Waals surface area contributed by atoms with E-state index in [1.165, 1.54) is 6.07 Å². The van der Waals surface area contributed by atoms with E-state index in [2.05, 4.69) is 0 Å². The standard InChI is InChI=1S/C12H9ClN2O2/c13-10-6-3-5-9(12(10)15(16)17)8-4-1-2-7-11(8)14/h1-7H,14H2. The van der Waals surface area contributed by atoms with E-state index >= 15 is 0 Å². The molecule has 0 aromatic heterocycles. The van der Waals surface area contributed by atoms with Crippen LogP contribution in [-0.4, -0.2) is 4.92 Å². The fourth-order valence-corrected chi connectivity index (χ4v) is 1.90. The summed E-state index contributed by atoms with van der Waals surface area (Å²) in [6, 6.07) is 11.8. The Morgan fingerprint density at radius 1 is 1.06 bits per heavy atom. The molecule has 0 bridgehead atoms. The van der Waals surface area contributed by atoms with Gasteiger partial charge in [-0.05, 0) is 18.2 Å². The maximum absolute atomic E-state index is 11.0. The third-order valence-corrected chi connectivity index (χ3v) is 2.73. The van der Waals surface area contributed by atoms with Gasteiger partial charge in [-0.3, -0.25) is 10.1 Å². The Morgan fingerprint density at radius 3 is 2.35 bits per heavy atom. The van der Waals surface area contributed by atoms with E-state index in [0.29, 0.717) is 16.8 Å². The number of nitrogens with two attached hydrogens (primary N) is 1. The molecule has 0 fully saturated rings. The number of nitro groups is 1. The van der Waals surface area contributed by atoms with Crippen LogP contribution in [0.25, 0.3) is 11.1 Å². The zero-order valence-electron chi connectivity index (χ0n) is 8.76. The van der Waals surface area contributed by atoms with Crippen LogP contribution >= 0.6 is 11.6 Å². The SMILES string of the molecule is Nc1ccccc1-c1cccc(Cl)c1[N+](=O)[O-]. The molecular weight excluding hydrogens is 240 g/mol. The summed E-state index contributed by atoms with van der Waals surface area (Å²) in [6.07, 6.45) is 0. The van der Waals surface area contributed by atoms with Crippen LogP contribution in [0.5, 0.6) is 0 Å². The largest absolute Gasteiger partial charge is 0.398 e. The number of rotatable bonds is 2. The van der Waals surface area contributed by atoms with Crippen molar-refractivity contribution in [2.75, 3.05) is 5.73 Å². The minimum atomic E-state index is -0.496. The van der Waals surface area contributed by atoms with Crippen LogP contribution in [0.3, 0.4) is 0 Å². The van der Waals surface area contributed by atoms with Crippen molar-refractivity contribution in [3.05, 3.63) is 57.6 Å². The number of hydrogen-bond donors (Lipinski definition) is 1. The van der Waals surface area contributed by atoms with E-state index in [1.54, 1.807) is 36.4 Å². The van der Waals surface area contributed by atoms with E-state index in [4.69, 9.17) is 17.3 Å². The van der Waals surface area contributed by atoms with Crippen molar-refractivity contribution >= 4 is 23.0 Å². The van der Waals surface area contributed by atoms with Gasteiger partial charge < -0.3 is 5.73 Å². The van der Waals surface area contributed by atoms with Gasteiger partial charge in [0.15, 0.2) is 0 Å². The minimum absolute atomic E-state index is 0.107. The predicted octanol–water partition coefficient (Wildman–Crippen LogP) is 3.50. The average molecular weight is 249 g/mol. The maximum atomic E-state index is 11.0. The van der Waals surface area contributed by atoms with Crippen LogP contribution in [0, 0.1) is 10.1 Å².